The summed E-state index contributed by atoms with van der Waals surface area (Å²) >= 11 is 7.28. The van der Waals surface area contributed by atoms with Gasteiger partial charge in [-0.3, -0.25) is 14.7 Å². The molecular formula is C23H25ClN4O2S. The molecule has 1 saturated heterocycles. The van der Waals surface area contributed by atoms with E-state index in [9.17, 15) is 4.79 Å². The number of aryl methyl sites for hydroxylation is 1. The fraction of sp³-hybridized carbons (Fsp3) is 0.348. The van der Waals surface area contributed by atoms with E-state index in [1.54, 1.807) is 12.1 Å². The van der Waals surface area contributed by atoms with Gasteiger partial charge in [0.15, 0.2) is 0 Å². The largest absolute Gasteiger partial charge is 0.486 e. The first kappa shape index (κ1) is 21.7. The van der Waals surface area contributed by atoms with Crippen LogP contribution < -0.4 is 10.1 Å². The third-order valence-electron chi connectivity index (χ3n) is 5.26. The van der Waals surface area contributed by atoms with Crippen molar-refractivity contribution in [3.8, 4) is 5.75 Å². The lowest BCUT2D eigenvalue weighted by molar-refractivity contribution is 0.0912. The van der Waals surface area contributed by atoms with Gasteiger partial charge in [0, 0.05) is 36.9 Å². The Morgan fingerprint density at radius 3 is 2.71 bits per heavy atom. The summed E-state index contributed by atoms with van der Waals surface area (Å²) in [6.07, 6.45) is 3.69. The van der Waals surface area contributed by atoms with Gasteiger partial charge in [-0.05, 0) is 56.2 Å². The maximum Gasteiger partial charge on any atom is 0.263 e. The van der Waals surface area contributed by atoms with Crippen molar-refractivity contribution in [2.24, 2.45) is 0 Å². The van der Waals surface area contributed by atoms with Crippen LogP contribution in [0.1, 0.15) is 38.9 Å². The average Bonchev–Trinajstić information content (AvgIpc) is 3.16. The molecule has 1 N–H and O–H groups in total. The molecule has 3 heterocycles. The van der Waals surface area contributed by atoms with Gasteiger partial charge >= 0.3 is 0 Å². The highest BCUT2D eigenvalue weighted by molar-refractivity contribution is 7.13. The molecule has 31 heavy (non-hydrogen) atoms. The Kier molecular flexibility index (Phi) is 7.17. The molecule has 0 spiro atoms. The molecule has 0 aliphatic carbocycles. The zero-order valence-electron chi connectivity index (χ0n) is 17.4. The molecular weight excluding hydrogens is 432 g/mol. The van der Waals surface area contributed by atoms with E-state index in [1.807, 2.05) is 37.4 Å². The fourth-order valence-corrected chi connectivity index (χ4v) is 4.61. The number of thiazole rings is 1. The smallest absolute Gasteiger partial charge is 0.263 e. The topological polar surface area (TPSA) is 67.3 Å². The molecule has 162 valence electrons. The third-order valence-corrected chi connectivity index (χ3v) is 6.64. The molecule has 8 heteroatoms. The minimum absolute atomic E-state index is 0.0454. The predicted octanol–water partition coefficient (Wildman–Crippen LogP) is 4.47. The van der Waals surface area contributed by atoms with Crippen molar-refractivity contribution < 1.29 is 9.53 Å². The molecule has 1 aliphatic rings. The lowest BCUT2D eigenvalue weighted by Gasteiger charge is -2.32. The first-order valence-corrected chi connectivity index (χ1v) is 11.5. The molecule has 1 amide bonds. The minimum atomic E-state index is -0.0454. The highest BCUT2D eigenvalue weighted by Crippen LogP contribution is 2.22. The molecule has 2 aromatic heterocycles. The minimum Gasteiger partial charge on any atom is -0.486 e. The molecule has 1 aromatic carbocycles. The number of rotatable bonds is 7. The maximum atomic E-state index is 12.8. The second-order valence-corrected chi connectivity index (χ2v) is 9.13. The maximum absolute atomic E-state index is 12.8. The van der Waals surface area contributed by atoms with E-state index >= 15 is 0 Å². The van der Waals surface area contributed by atoms with E-state index in [0.717, 1.165) is 54.6 Å². The van der Waals surface area contributed by atoms with Crippen LogP contribution in [0.15, 0.2) is 48.7 Å². The van der Waals surface area contributed by atoms with Gasteiger partial charge in [-0.15, -0.1) is 11.3 Å². The van der Waals surface area contributed by atoms with Crippen molar-refractivity contribution >= 4 is 28.8 Å². The summed E-state index contributed by atoms with van der Waals surface area (Å²) < 4.78 is 5.75. The number of pyridine rings is 1. The third kappa shape index (κ3) is 6.03. The van der Waals surface area contributed by atoms with Crippen LogP contribution in [0, 0.1) is 6.92 Å². The Morgan fingerprint density at radius 2 is 2.00 bits per heavy atom. The van der Waals surface area contributed by atoms with E-state index in [-0.39, 0.29) is 11.9 Å². The average molecular weight is 457 g/mol. The van der Waals surface area contributed by atoms with Gasteiger partial charge in [0.2, 0.25) is 0 Å². The molecule has 1 fully saturated rings. The molecule has 6 nitrogen and oxygen atoms in total. The van der Waals surface area contributed by atoms with Gasteiger partial charge in [0.1, 0.15) is 22.2 Å². The van der Waals surface area contributed by atoms with Crippen LogP contribution >= 0.6 is 22.9 Å². The molecule has 0 radical (unpaired) electrons. The number of halogens is 1. The highest BCUT2D eigenvalue weighted by atomic mass is 35.5. The lowest BCUT2D eigenvalue weighted by atomic mass is 10.0. The molecule has 1 aliphatic heterocycles. The summed E-state index contributed by atoms with van der Waals surface area (Å²) in [4.78, 5) is 24.8. The fourth-order valence-electron chi connectivity index (χ4n) is 3.61. The van der Waals surface area contributed by atoms with Crippen molar-refractivity contribution in [1.29, 1.82) is 0 Å². The number of likely N-dealkylation sites (tertiary alicyclic amines) is 1. The van der Waals surface area contributed by atoms with Crippen molar-refractivity contribution in [2.75, 3.05) is 13.1 Å². The van der Waals surface area contributed by atoms with Gasteiger partial charge in [-0.2, -0.15) is 0 Å². The Labute approximate surface area is 191 Å². The monoisotopic (exact) mass is 456 g/mol. The van der Waals surface area contributed by atoms with Gasteiger partial charge in [0.05, 0.1) is 11.4 Å². The predicted molar refractivity (Wildman–Crippen MR) is 123 cm³/mol. The van der Waals surface area contributed by atoms with Crippen LogP contribution in [0.4, 0.5) is 0 Å². The zero-order chi connectivity index (χ0) is 21.6. The molecule has 0 atom stereocenters. The summed E-state index contributed by atoms with van der Waals surface area (Å²) in [6.45, 7) is 4.94. The second-order valence-electron chi connectivity index (χ2n) is 7.61. The standard InChI is InChI=1S/C23H25ClN4O2S/c1-16-22(31-21(26-16)15-30-20-7-5-17(24)6-8-20)23(29)27-18-9-12-28(13-10-18)14-19-4-2-3-11-25-19/h2-8,11,18H,9-10,12-15H2,1H3,(H,27,29). The number of nitrogens with one attached hydrogen (secondary N) is 1. The van der Waals surface area contributed by atoms with Crippen molar-refractivity contribution in [1.82, 2.24) is 20.2 Å². The van der Waals surface area contributed by atoms with Gasteiger partial charge in [-0.25, -0.2) is 4.98 Å². The Morgan fingerprint density at radius 1 is 1.23 bits per heavy atom. The van der Waals surface area contributed by atoms with Gasteiger partial charge in [-0.1, -0.05) is 17.7 Å². The molecule has 4 rings (SSSR count). The van der Waals surface area contributed by atoms with Gasteiger partial charge in [0.25, 0.3) is 5.91 Å². The summed E-state index contributed by atoms with van der Waals surface area (Å²) in [5.74, 6) is 0.677. The number of hydrogen-bond donors (Lipinski definition) is 1. The van der Waals surface area contributed by atoms with Crippen molar-refractivity contribution in [2.45, 2.75) is 39.0 Å². The summed E-state index contributed by atoms with van der Waals surface area (Å²) in [6, 6.07) is 13.4. The van der Waals surface area contributed by atoms with E-state index in [2.05, 4.69) is 26.3 Å². The van der Waals surface area contributed by atoms with E-state index < -0.39 is 0 Å². The number of amides is 1. The van der Waals surface area contributed by atoms with Crippen LogP contribution in [0.5, 0.6) is 5.75 Å². The quantitative estimate of drug-likeness (QED) is 0.568. The first-order chi connectivity index (χ1) is 15.1. The van der Waals surface area contributed by atoms with E-state index in [0.29, 0.717) is 16.5 Å². The number of piperidine rings is 1. The number of hydrogen-bond acceptors (Lipinski definition) is 6. The van der Waals surface area contributed by atoms with E-state index in [4.69, 9.17) is 16.3 Å². The van der Waals surface area contributed by atoms with Crippen LogP contribution in [0.3, 0.4) is 0 Å². The molecule has 3 aromatic rings. The first-order valence-electron chi connectivity index (χ1n) is 10.3. The number of ether oxygens (including phenoxy) is 1. The SMILES string of the molecule is Cc1nc(COc2ccc(Cl)cc2)sc1C(=O)NC1CCN(Cc2ccccn2)CC1. The number of nitrogens with zero attached hydrogens (tertiary/aromatic N) is 3. The Hall–Kier alpha value is -2.48. The van der Waals surface area contributed by atoms with Crippen LogP contribution in [0.2, 0.25) is 5.02 Å². The number of benzene rings is 1. The molecule has 0 unspecified atom stereocenters. The summed E-state index contributed by atoms with van der Waals surface area (Å²) in [5.41, 5.74) is 1.82. The Bertz CT molecular complexity index is 1000. The van der Waals surface area contributed by atoms with Crippen LogP contribution in [0.25, 0.3) is 0 Å². The van der Waals surface area contributed by atoms with Crippen molar-refractivity contribution in [3.63, 3.8) is 0 Å². The second kappa shape index (κ2) is 10.2. The summed E-state index contributed by atoms with van der Waals surface area (Å²) in [7, 11) is 0. The number of carbonyl (C=O) groups is 1. The van der Waals surface area contributed by atoms with E-state index in [1.165, 1.54) is 11.3 Å². The molecule has 0 saturated carbocycles. The highest BCUT2D eigenvalue weighted by Gasteiger charge is 2.23. The Balaban J connectivity index is 1.26. The van der Waals surface area contributed by atoms with Crippen molar-refractivity contribution in [3.05, 3.63) is 75.0 Å². The van der Waals surface area contributed by atoms with Gasteiger partial charge < -0.3 is 10.1 Å². The normalized spacial score (nSPS) is 15.0. The van der Waals surface area contributed by atoms with Crippen LogP contribution in [-0.4, -0.2) is 39.9 Å². The summed E-state index contributed by atoms with van der Waals surface area (Å²) in [5, 5.41) is 4.63. The van der Waals surface area contributed by atoms with Crippen LogP contribution in [-0.2, 0) is 13.2 Å². The number of aromatic nitrogens is 2. The zero-order valence-corrected chi connectivity index (χ0v) is 19.0. The molecule has 0 bridgehead atoms. The number of carbonyl (C=O) groups excluding carboxylic acids is 1. The lowest BCUT2D eigenvalue weighted by Crippen LogP contribution is -2.44.